The number of ketones is 1. The largest absolute Gasteiger partial charge is 0.288 e. The molecule has 1 aromatic heterocycles. The maximum atomic E-state index is 13.6. The Morgan fingerprint density at radius 1 is 1.00 bits per heavy atom. The zero-order valence-electron chi connectivity index (χ0n) is 9.99. The normalized spacial score (nSPS) is 10.9. The quantitative estimate of drug-likeness (QED) is 0.633. The van der Waals surface area contributed by atoms with Crippen molar-refractivity contribution in [2.45, 2.75) is 0 Å². The van der Waals surface area contributed by atoms with Gasteiger partial charge in [0, 0.05) is 4.70 Å². The molecule has 0 unspecified atom stereocenters. The second-order valence-corrected chi connectivity index (χ2v) is 5.31. The number of rotatable bonds is 2. The third-order valence-electron chi connectivity index (χ3n) is 2.90. The smallest absolute Gasteiger partial charge is 0.206 e. The van der Waals surface area contributed by atoms with E-state index in [9.17, 15) is 18.0 Å². The lowest BCUT2D eigenvalue weighted by atomic mass is 10.1. The first-order valence-corrected chi connectivity index (χ1v) is 6.56. The van der Waals surface area contributed by atoms with Crippen molar-refractivity contribution < 1.29 is 18.0 Å². The molecule has 2 aromatic carbocycles. The number of halogens is 3. The first-order chi connectivity index (χ1) is 9.56. The van der Waals surface area contributed by atoms with Crippen LogP contribution in [0.4, 0.5) is 13.2 Å². The topological polar surface area (TPSA) is 17.1 Å². The molecule has 3 rings (SSSR count). The predicted molar refractivity (Wildman–Crippen MR) is 71.6 cm³/mol. The molecule has 1 heterocycles. The van der Waals surface area contributed by atoms with Crippen molar-refractivity contribution in [1.29, 1.82) is 0 Å². The molecule has 0 spiro atoms. The number of fused-ring (bicyclic) bond motifs is 1. The molecule has 20 heavy (non-hydrogen) atoms. The third kappa shape index (κ3) is 2.10. The Morgan fingerprint density at radius 3 is 2.60 bits per heavy atom. The van der Waals surface area contributed by atoms with E-state index in [2.05, 4.69) is 0 Å². The molecular weight excluding hydrogens is 285 g/mol. The molecule has 5 heteroatoms. The fraction of sp³-hybridized carbons (Fsp3) is 0. The summed E-state index contributed by atoms with van der Waals surface area (Å²) in [7, 11) is 0. The highest BCUT2D eigenvalue weighted by atomic mass is 32.1. The molecule has 0 aliphatic rings. The van der Waals surface area contributed by atoms with Crippen LogP contribution in [0.1, 0.15) is 15.2 Å². The van der Waals surface area contributed by atoms with Crippen LogP contribution in [-0.2, 0) is 0 Å². The van der Waals surface area contributed by atoms with E-state index in [1.54, 1.807) is 6.07 Å². The summed E-state index contributed by atoms with van der Waals surface area (Å²) in [4.78, 5) is 12.4. The standard InChI is InChI=1S/C15H7F3OS/c16-9-4-5-12-8(6-9)7-13(20-12)15(19)10-2-1-3-11(17)14(10)18/h1-7H. The minimum Gasteiger partial charge on any atom is -0.288 e. The van der Waals surface area contributed by atoms with Gasteiger partial charge in [0.15, 0.2) is 11.6 Å². The molecule has 0 saturated carbocycles. The Kier molecular flexibility index (Phi) is 3.06. The van der Waals surface area contributed by atoms with Crippen molar-refractivity contribution in [3.63, 3.8) is 0 Å². The van der Waals surface area contributed by atoms with Gasteiger partial charge in [0.2, 0.25) is 5.78 Å². The van der Waals surface area contributed by atoms with Crippen LogP contribution in [0.2, 0.25) is 0 Å². The van der Waals surface area contributed by atoms with Crippen molar-refractivity contribution in [3.8, 4) is 0 Å². The molecule has 0 aliphatic heterocycles. The fourth-order valence-corrected chi connectivity index (χ4v) is 2.94. The minimum atomic E-state index is -1.17. The van der Waals surface area contributed by atoms with Crippen molar-refractivity contribution in [2.75, 3.05) is 0 Å². The molecule has 100 valence electrons. The van der Waals surface area contributed by atoms with Crippen LogP contribution in [0.5, 0.6) is 0 Å². The highest BCUT2D eigenvalue weighted by Gasteiger charge is 2.18. The number of carbonyl (C=O) groups is 1. The monoisotopic (exact) mass is 292 g/mol. The number of hydrogen-bond donors (Lipinski definition) is 0. The van der Waals surface area contributed by atoms with Crippen LogP contribution in [0, 0.1) is 17.5 Å². The predicted octanol–water partition coefficient (Wildman–Crippen LogP) is 4.55. The van der Waals surface area contributed by atoms with E-state index in [4.69, 9.17) is 0 Å². The highest BCUT2D eigenvalue weighted by molar-refractivity contribution is 7.21. The summed E-state index contributed by atoms with van der Waals surface area (Å²) in [5, 5.41) is 0.565. The highest BCUT2D eigenvalue weighted by Crippen LogP contribution is 2.28. The van der Waals surface area contributed by atoms with Crippen molar-refractivity contribution in [2.24, 2.45) is 0 Å². The lowest BCUT2D eigenvalue weighted by molar-refractivity contribution is 0.103. The summed E-state index contributed by atoms with van der Waals surface area (Å²) in [5.74, 6) is -3.25. The molecule has 0 aliphatic carbocycles. The average Bonchev–Trinajstić information content (AvgIpc) is 2.84. The van der Waals surface area contributed by atoms with E-state index >= 15 is 0 Å². The number of benzene rings is 2. The van der Waals surface area contributed by atoms with Crippen LogP contribution in [0.3, 0.4) is 0 Å². The Labute approximate surface area is 116 Å². The van der Waals surface area contributed by atoms with Gasteiger partial charge < -0.3 is 0 Å². The lowest BCUT2D eigenvalue weighted by Crippen LogP contribution is -2.03. The van der Waals surface area contributed by atoms with Gasteiger partial charge in [-0.2, -0.15) is 0 Å². The molecule has 0 saturated heterocycles. The summed E-state index contributed by atoms with van der Waals surface area (Å²) >= 11 is 1.12. The maximum absolute atomic E-state index is 13.6. The molecule has 0 radical (unpaired) electrons. The van der Waals surface area contributed by atoms with Crippen LogP contribution >= 0.6 is 11.3 Å². The molecule has 0 fully saturated rings. The van der Waals surface area contributed by atoms with Crippen LogP contribution < -0.4 is 0 Å². The van der Waals surface area contributed by atoms with Gasteiger partial charge >= 0.3 is 0 Å². The van der Waals surface area contributed by atoms with Gasteiger partial charge in [-0.25, -0.2) is 13.2 Å². The zero-order valence-corrected chi connectivity index (χ0v) is 10.8. The van der Waals surface area contributed by atoms with Gasteiger partial charge in [0.05, 0.1) is 10.4 Å². The molecule has 0 N–H and O–H groups in total. The zero-order chi connectivity index (χ0) is 14.3. The Hall–Kier alpha value is -2.14. The average molecular weight is 292 g/mol. The summed E-state index contributed by atoms with van der Waals surface area (Å²) in [6, 6.07) is 9.07. The number of thiophene rings is 1. The van der Waals surface area contributed by atoms with Crippen molar-refractivity contribution >= 4 is 27.2 Å². The van der Waals surface area contributed by atoms with E-state index in [-0.39, 0.29) is 10.4 Å². The van der Waals surface area contributed by atoms with Crippen molar-refractivity contribution in [3.05, 3.63) is 70.4 Å². The Bertz CT molecular complexity index is 823. The van der Waals surface area contributed by atoms with Crippen molar-refractivity contribution in [1.82, 2.24) is 0 Å². The summed E-state index contributed by atoms with van der Waals surface area (Å²) in [6.45, 7) is 0. The van der Waals surface area contributed by atoms with Gasteiger partial charge in [-0.3, -0.25) is 4.79 Å². The maximum Gasteiger partial charge on any atom is 0.206 e. The molecule has 0 bridgehead atoms. The van der Waals surface area contributed by atoms with E-state index in [1.165, 1.54) is 30.3 Å². The fourth-order valence-electron chi connectivity index (χ4n) is 1.94. The van der Waals surface area contributed by atoms with Gasteiger partial charge in [0.1, 0.15) is 5.82 Å². The van der Waals surface area contributed by atoms with Gasteiger partial charge in [0.25, 0.3) is 0 Å². The minimum absolute atomic E-state index is 0.245. The van der Waals surface area contributed by atoms with Crippen LogP contribution in [0.25, 0.3) is 10.1 Å². The summed E-state index contributed by atoms with van der Waals surface area (Å²) in [5.41, 5.74) is -0.322. The lowest BCUT2D eigenvalue weighted by Gasteiger charge is -2.00. The Balaban J connectivity index is 2.10. The third-order valence-corrected chi connectivity index (χ3v) is 4.01. The number of hydrogen-bond acceptors (Lipinski definition) is 2. The van der Waals surface area contributed by atoms with E-state index < -0.39 is 23.2 Å². The van der Waals surface area contributed by atoms with E-state index in [1.807, 2.05) is 0 Å². The van der Waals surface area contributed by atoms with E-state index in [0.29, 0.717) is 10.1 Å². The molecule has 1 nitrogen and oxygen atoms in total. The second kappa shape index (κ2) is 4.76. The summed E-state index contributed by atoms with van der Waals surface area (Å²) in [6.07, 6.45) is 0. The molecule has 3 aromatic rings. The molecular formula is C15H7F3OS. The van der Waals surface area contributed by atoms with Crippen LogP contribution in [-0.4, -0.2) is 5.78 Å². The summed E-state index contributed by atoms with van der Waals surface area (Å²) < 4.78 is 40.6. The number of carbonyl (C=O) groups excluding carboxylic acids is 1. The first kappa shape index (κ1) is 12.9. The van der Waals surface area contributed by atoms with Gasteiger partial charge in [-0.05, 0) is 41.8 Å². The molecule has 0 amide bonds. The first-order valence-electron chi connectivity index (χ1n) is 5.74. The van der Waals surface area contributed by atoms with E-state index in [0.717, 1.165) is 17.4 Å². The van der Waals surface area contributed by atoms with Gasteiger partial charge in [-0.1, -0.05) is 6.07 Å². The molecule has 0 atom stereocenters. The second-order valence-electron chi connectivity index (χ2n) is 4.22. The SMILES string of the molecule is O=C(c1cc2cc(F)ccc2s1)c1cccc(F)c1F. The Morgan fingerprint density at radius 2 is 1.80 bits per heavy atom. The van der Waals surface area contributed by atoms with Gasteiger partial charge in [-0.15, -0.1) is 11.3 Å². The van der Waals surface area contributed by atoms with Crippen LogP contribution in [0.15, 0.2) is 42.5 Å².